The van der Waals surface area contributed by atoms with Gasteiger partial charge in [-0.2, -0.15) is 0 Å². The summed E-state index contributed by atoms with van der Waals surface area (Å²) in [5.74, 6) is 0.344. The Hall–Kier alpha value is -3.09. The number of hydrogen-bond acceptors (Lipinski definition) is 4. The van der Waals surface area contributed by atoms with Crippen LogP contribution in [0, 0.1) is 0 Å². The highest BCUT2D eigenvalue weighted by molar-refractivity contribution is 5.90. The van der Waals surface area contributed by atoms with Crippen molar-refractivity contribution in [2.24, 2.45) is 0 Å². The fraction of sp³-hybridized carbons (Fsp3) is 0.261. The quantitative estimate of drug-likeness (QED) is 0.328. The zero-order chi connectivity index (χ0) is 20.2. The second kappa shape index (κ2) is 8.51. The van der Waals surface area contributed by atoms with Gasteiger partial charge in [-0.3, -0.25) is 10.0 Å². The third-order valence-corrected chi connectivity index (χ3v) is 5.51. The number of hydrogen-bond donors (Lipinski definition) is 3. The van der Waals surface area contributed by atoms with E-state index in [9.17, 15) is 4.79 Å². The third-order valence-electron chi connectivity index (χ3n) is 5.51. The smallest absolute Gasteiger partial charge is 0.267 e. The fourth-order valence-electron chi connectivity index (χ4n) is 4.01. The highest BCUT2D eigenvalue weighted by atomic mass is 16.5. The second-order valence-corrected chi connectivity index (χ2v) is 7.25. The molecule has 1 amide bonds. The van der Waals surface area contributed by atoms with Gasteiger partial charge in [0, 0.05) is 37.5 Å². The molecule has 6 nitrogen and oxygen atoms in total. The van der Waals surface area contributed by atoms with Crippen molar-refractivity contribution in [3.8, 4) is 5.75 Å². The number of amides is 1. The van der Waals surface area contributed by atoms with Crippen LogP contribution in [0.3, 0.4) is 0 Å². The van der Waals surface area contributed by atoms with Crippen LogP contribution in [-0.2, 0) is 17.8 Å². The molecule has 1 unspecified atom stereocenters. The number of fused-ring (bicyclic) bond motifs is 2. The molecule has 0 fully saturated rings. The van der Waals surface area contributed by atoms with Crippen LogP contribution in [0.25, 0.3) is 17.0 Å². The van der Waals surface area contributed by atoms with E-state index in [1.165, 1.54) is 28.1 Å². The number of rotatable bonds is 7. The van der Waals surface area contributed by atoms with Crippen LogP contribution in [0.1, 0.15) is 29.2 Å². The van der Waals surface area contributed by atoms with Gasteiger partial charge in [0.25, 0.3) is 5.91 Å². The number of benzene rings is 2. The predicted octanol–water partition coefficient (Wildman–Crippen LogP) is 3.45. The van der Waals surface area contributed by atoms with Gasteiger partial charge in [0.2, 0.25) is 0 Å². The lowest BCUT2D eigenvalue weighted by molar-refractivity contribution is -0.124. The van der Waals surface area contributed by atoms with Crippen LogP contribution in [0.2, 0.25) is 0 Å². The lowest BCUT2D eigenvalue weighted by Crippen LogP contribution is -2.23. The monoisotopic (exact) mass is 391 g/mol. The van der Waals surface area contributed by atoms with Gasteiger partial charge in [0.1, 0.15) is 5.75 Å². The summed E-state index contributed by atoms with van der Waals surface area (Å²) in [6, 6.07) is 14.9. The van der Waals surface area contributed by atoms with Crippen molar-refractivity contribution < 1.29 is 14.7 Å². The summed E-state index contributed by atoms with van der Waals surface area (Å²) in [6.45, 7) is 1.77. The number of methoxy groups -OCH3 is 1. The Kier molecular flexibility index (Phi) is 5.64. The first-order valence-corrected chi connectivity index (χ1v) is 9.79. The minimum Gasteiger partial charge on any atom is -0.497 e. The van der Waals surface area contributed by atoms with E-state index in [0.29, 0.717) is 6.04 Å². The molecule has 3 aromatic rings. The van der Waals surface area contributed by atoms with Crippen LogP contribution >= 0.6 is 0 Å². The molecule has 6 heteroatoms. The van der Waals surface area contributed by atoms with E-state index in [1.807, 2.05) is 12.1 Å². The SMILES string of the molecule is COc1ccc2ccn(CCNC3CCc4cc(C=CC(=O)NO)ccc43)c2c1. The first kappa shape index (κ1) is 19.2. The lowest BCUT2D eigenvalue weighted by atomic mass is 10.0. The molecular formula is C23H25N3O3. The average molecular weight is 391 g/mol. The van der Waals surface area contributed by atoms with Gasteiger partial charge in [0.15, 0.2) is 0 Å². The molecule has 3 N–H and O–H groups in total. The summed E-state index contributed by atoms with van der Waals surface area (Å²) < 4.78 is 7.60. The van der Waals surface area contributed by atoms with Crippen LogP contribution in [0.5, 0.6) is 5.75 Å². The van der Waals surface area contributed by atoms with Gasteiger partial charge in [-0.15, -0.1) is 0 Å². The zero-order valence-corrected chi connectivity index (χ0v) is 16.4. The average Bonchev–Trinajstić information content (AvgIpc) is 3.35. The molecule has 1 aromatic heterocycles. The van der Waals surface area contributed by atoms with Crippen LogP contribution in [0.15, 0.2) is 54.7 Å². The first-order chi connectivity index (χ1) is 14.2. The minimum absolute atomic E-state index is 0.347. The Balaban J connectivity index is 1.39. The second-order valence-electron chi connectivity index (χ2n) is 7.25. The fourth-order valence-corrected chi connectivity index (χ4v) is 4.01. The number of nitrogens with zero attached hydrogens (tertiary/aromatic N) is 1. The molecule has 0 spiro atoms. The van der Waals surface area contributed by atoms with Crippen LogP contribution in [-0.4, -0.2) is 29.3 Å². The van der Waals surface area contributed by atoms with Crippen molar-refractivity contribution in [1.82, 2.24) is 15.4 Å². The number of hydroxylamine groups is 1. The molecule has 0 aliphatic heterocycles. The van der Waals surface area contributed by atoms with Crippen molar-refractivity contribution in [3.05, 3.63) is 71.4 Å². The first-order valence-electron chi connectivity index (χ1n) is 9.79. The Labute approximate surface area is 169 Å². The van der Waals surface area contributed by atoms with Crippen molar-refractivity contribution in [3.63, 3.8) is 0 Å². The van der Waals surface area contributed by atoms with Crippen molar-refractivity contribution in [2.45, 2.75) is 25.4 Å². The number of carbonyl (C=O) groups is 1. The van der Waals surface area contributed by atoms with Gasteiger partial charge < -0.3 is 14.6 Å². The van der Waals surface area contributed by atoms with Crippen molar-refractivity contribution >= 4 is 22.9 Å². The maximum atomic E-state index is 11.1. The van der Waals surface area contributed by atoms with Gasteiger partial charge >= 0.3 is 0 Å². The van der Waals surface area contributed by atoms with Crippen molar-refractivity contribution in [2.75, 3.05) is 13.7 Å². The number of aryl methyl sites for hydroxylation is 1. The summed E-state index contributed by atoms with van der Waals surface area (Å²) >= 11 is 0. The minimum atomic E-state index is -0.528. The molecule has 0 radical (unpaired) electrons. The Bertz CT molecular complexity index is 1050. The Morgan fingerprint density at radius 1 is 1.28 bits per heavy atom. The molecule has 150 valence electrons. The predicted molar refractivity (Wildman–Crippen MR) is 113 cm³/mol. The van der Waals surface area contributed by atoms with Gasteiger partial charge in [-0.1, -0.05) is 18.2 Å². The molecule has 4 rings (SSSR count). The molecule has 1 heterocycles. The number of nitrogens with one attached hydrogen (secondary N) is 2. The molecule has 0 saturated carbocycles. The van der Waals surface area contributed by atoms with Crippen LogP contribution in [0.4, 0.5) is 0 Å². The van der Waals surface area contributed by atoms with E-state index in [2.05, 4.69) is 46.4 Å². The molecule has 0 bridgehead atoms. The topological polar surface area (TPSA) is 75.5 Å². The standard InChI is InChI=1S/C23H25N3O3/c1-29-19-6-4-17-10-12-26(22(17)15-19)13-11-24-21-8-5-18-14-16(2-7-20(18)21)3-9-23(27)25-28/h2-4,6-7,9-10,12,14-15,21,24,28H,5,8,11,13H2,1H3,(H,25,27). The summed E-state index contributed by atoms with van der Waals surface area (Å²) in [5.41, 5.74) is 6.38. The highest BCUT2D eigenvalue weighted by Crippen LogP contribution is 2.32. The van der Waals surface area contributed by atoms with E-state index in [1.54, 1.807) is 18.7 Å². The Morgan fingerprint density at radius 2 is 2.17 bits per heavy atom. The van der Waals surface area contributed by atoms with Gasteiger partial charge in [-0.05, 0) is 59.2 Å². The Morgan fingerprint density at radius 3 is 3.00 bits per heavy atom. The highest BCUT2D eigenvalue weighted by Gasteiger charge is 2.21. The molecule has 2 aromatic carbocycles. The largest absolute Gasteiger partial charge is 0.497 e. The summed E-state index contributed by atoms with van der Waals surface area (Å²) in [7, 11) is 1.69. The maximum Gasteiger partial charge on any atom is 0.267 e. The van der Waals surface area contributed by atoms with Gasteiger partial charge in [-0.25, -0.2) is 5.48 Å². The molecule has 1 atom stereocenters. The van der Waals surface area contributed by atoms with E-state index in [0.717, 1.165) is 37.2 Å². The molecule has 1 aliphatic carbocycles. The summed E-state index contributed by atoms with van der Waals surface area (Å²) in [6.07, 6.45) is 7.24. The third kappa shape index (κ3) is 4.18. The number of ether oxygens (including phenoxy) is 1. The maximum absolute atomic E-state index is 11.1. The summed E-state index contributed by atoms with van der Waals surface area (Å²) in [4.78, 5) is 11.1. The van der Waals surface area contributed by atoms with Crippen molar-refractivity contribution in [1.29, 1.82) is 0 Å². The zero-order valence-electron chi connectivity index (χ0n) is 16.4. The normalized spacial score (nSPS) is 15.7. The molecule has 29 heavy (non-hydrogen) atoms. The van der Waals surface area contributed by atoms with Crippen LogP contribution < -0.4 is 15.5 Å². The molecule has 0 saturated heterocycles. The molecular weight excluding hydrogens is 366 g/mol. The van der Waals surface area contributed by atoms with E-state index < -0.39 is 5.91 Å². The summed E-state index contributed by atoms with van der Waals surface area (Å²) in [5, 5.41) is 13.5. The lowest BCUT2D eigenvalue weighted by Gasteiger charge is -2.15. The van der Waals surface area contributed by atoms with Gasteiger partial charge in [0.05, 0.1) is 12.6 Å². The molecule has 1 aliphatic rings. The number of aromatic nitrogens is 1. The van der Waals surface area contributed by atoms with E-state index in [4.69, 9.17) is 9.94 Å². The van der Waals surface area contributed by atoms with E-state index >= 15 is 0 Å². The van der Waals surface area contributed by atoms with E-state index in [-0.39, 0.29) is 0 Å². The number of carbonyl (C=O) groups excluding carboxylic acids is 1.